The highest BCUT2D eigenvalue weighted by atomic mass is 35.5. The minimum absolute atomic E-state index is 0.0562. The molecule has 1 aliphatic carbocycles. The largest absolute Gasteiger partial charge is 0.469 e. The molecule has 0 atom stereocenters. The summed E-state index contributed by atoms with van der Waals surface area (Å²) in [5.41, 5.74) is 0.654. The fourth-order valence-corrected chi connectivity index (χ4v) is 3.83. The summed E-state index contributed by atoms with van der Waals surface area (Å²) in [7, 11) is 3.48. The Hall–Kier alpha value is -2.45. The van der Waals surface area contributed by atoms with Crippen molar-refractivity contribution in [3.63, 3.8) is 0 Å². The van der Waals surface area contributed by atoms with Crippen molar-refractivity contribution in [1.82, 2.24) is 14.9 Å². The SMILES string of the molecule is COC(=O)CCN(C)C1CCC(Nc2cc(Nc3ccc(F)c(Cl)c3)ncn2)CC1. The van der Waals surface area contributed by atoms with Gasteiger partial charge in [-0.2, -0.15) is 0 Å². The van der Waals surface area contributed by atoms with Gasteiger partial charge < -0.3 is 20.3 Å². The molecule has 0 saturated heterocycles. The minimum atomic E-state index is -0.459. The Kier molecular flexibility index (Phi) is 7.81. The summed E-state index contributed by atoms with van der Waals surface area (Å²) in [6.07, 6.45) is 6.06. The van der Waals surface area contributed by atoms with E-state index < -0.39 is 5.82 Å². The van der Waals surface area contributed by atoms with Gasteiger partial charge in [0.05, 0.1) is 18.6 Å². The van der Waals surface area contributed by atoms with Crippen LogP contribution in [-0.2, 0) is 9.53 Å². The van der Waals surface area contributed by atoms with Crippen LogP contribution in [0.15, 0.2) is 30.6 Å². The highest BCUT2D eigenvalue weighted by Gasteiger charge is 2.24. The van der Waals surface area contributed by atoms with Crippen LogP contribution in [0.4, 0.5) is 21.7 Å². The number of halogens is 2. The maximum absolute atomic E-state index is 13.3. The number of anilines is 3. The first-order chi connectivity index (χ1) is 14.4. The predicted octanol–water partition coefficient (Wildman–Crippen LogP) is 4.23. The van der Waals surface area contributed by atoms with Gasteiger partial charge in [-0.3, -0.25) is 4.79 Å². The average molecular weight is 436 g/mol. The topological polar surface area (TPSA) is 79.4 Å². The number of carbonyl (C=O) groups excluding carboxylic acids is 1. The van der Waals surface area contributed by atoms with Crippen molar-refractivity contribution in [1.29, 1.82) is 0 Å². The van der Waals surface area contributed by atoms with E-state index in [9.17, 15) is 9.18 Å². The third-order valence-corrected chi connectivity index (χ3v) is 5.72. The fraction of sp³-hybridized carbons (Fsp3) is 0.476. The zero-order valence-corrected chi connectivity index (χ0v) is 18.0. The van der Waals surface area contributed by atoms with Gasteiger partial charge in [0.1, 0.15) is 23.8 Å². The summed E-state index contributed by atoms with van der Waals surface area (Å²) < 4.78 is 18.0. The summed E-state index contributed by atoms with van der Waals surface area (Å²) in [5, 5.41) is 6.65. The van der Waals surface area contributed by atoms with Crippen LogP contribution in [0.1, 0.15) is 32.1 Å². The van der Waals surface area contributed by atoms with Crippen LogP contribution in [0.5, 0.6) is 0 Å². The van der Waals surface area contributed by atoms with Crippen molar-refractivity contribution in [2.75, 3.05) is 31.3 Å². The van der Waals surface area contributed by atoms with Gasteiger partial charge >= 0.3 is 5.97 Å². The molecule has 2 aromatic rings. The number of benzene rings is 1. The van der Waals surface area contributed by atoms with E-state index in [4.69, 9.17) is 16.3 Å². The molecular formula is C21H27ClFN5O2. The monoisotopic (exact) mass is 435 g/mol. The third-order valence-electron chi connectivity index (χ3n) is 5.43. The van der Waals surface area contributed by atoms with Gasteiger partial charge in [-0.25, -0.2) is 14.4 Å². The molecule has 1 fully saturated rings. The van der Waals surface area contributed by atoms with Gasteiger partial charge in [-0.05, 0) is 50.9 Å². The standard InChI is InChI=1S/C21H27ClFN5O2/c1-28(10-9-21(29)30-2)16-6-3-14(4-7-16)26-19-12-20(25-13-24-19)27-15-5-8-18(23)17(22)11-15/h5,8,11-14,16H,3-4,6-7,9-10H2,1-2H3,(H2,24,25,26,27). The number of carbonyl (C=O) groups is 1. The lowest BCUT2D eigenvalue weighted by Gasteiger charge is -2.35. The molecule has 1 aliphatic rings. The quantitative estimate of drug-likeness (QED) is 0.600. The Morgan fingerprint density at radius 3 is 2.67 bits per heavy atom. The van der Waals surface area contributed by atoms with Crippen molar-refractivity contribution >= 4 is 34.9 Å². The predicted molar refractivity (Wildman–Crippen MR) is 116 cm³/mol. The van der Waals surface area contributed by atoms with E-state index in [-0.39, 0.29) is 11.0 Å². The van der Waals surface area contributed by atoms with Crippen LogP contribution in [0.3, 0.4) is 0 Å². The second-order valence-corrected chi connectivity index (χ2v) is 7.91. The van der Waals surface area contributed by atoms with Crippen molar-refractivity contribution in [3.05, 3.63) is 41.4 Å². The van der Waals surface area contributed by atoms with Gasteiger partial charge in [0.15, 0.2) is 0 Å². The molecule has 0 bridgehead atoms. The zero-order valence-electron chi connectivity index (χ0n) is 17.2. The van der Waals surface area contributed by atoms with Crippen LogP contribution in [0, 0.1) is 5.82 Å². The molecule has 0 spiro atoms. The molecule has 0 unspecified atom stereocenters. The summed E-state index contributed by atoms with van der Waals surface area (Å²) in [6, 6.07) is 7.06. The van der Waals surface area contributed by atoms with Gasteiger partial charge in [-0.1, -0.05) is 11.6 Å². The summed E-state index contributed by atoms with van der Waals surface area (Å²) in [6.45, 7) is 0.712. The minimum Gasteiger partial charge on any atom is -0.469 e. The van der Waals surface area contributed by atoms with Crippen molar-refractivity contribution in [2.24, 2.45) is 0 Å². The molecular weight excluding hydrogens is 409 g/mol. The first-order valence-corrected chi connectivity index (χ1v) is 10.4. The second kappa shape index (κ2) is 10.5. The maximum Gasteiger partial charge on any atom is 0.306 e. The normalized spacial score (nSPS) is 18.8. The molecule has 1 aromatic carbocycles. The Morgan fingerprint density at radius 1 is 1.23 bits per heavy atom. The summed E-state index contributed by atoms with van der Waals surface area (Å²) >= 11 is 5.83. The molecule has 30 heavy (non-hydrogen) atoms. The van der Waals surface area contributed by atoms with Gasteiger partial charge in [-0.15, -0.1) is 0 Å². The number of methoxy groups -OCH3 is 1. The molecule has 2 N–H and O–H groups in total. The smallest absolute Gasteiger partial charge is 0.306 e. The maximum atomic E-state index is 13.3. The summed E-state index contributed by atoms with van der Waals surface area (Å²) in [5.74, 6) is 0.710. The fourth-order valence-electron chi connectivity index (χ4n) is 3.65. The van der Waals surface area contributed by atoms with E-state index in [1.165, 1.54) is 25.6 Å². The van der Waals surface area contributed by atoms with E-state index in [2.05, 4.69) is 32.5 Å². The number of esters is 1. The van der Waals surface area contributed by atoms with E-state index in [1.54, 1.807) is 6.07 Å². The number of hydrogen-bond donors (Lipinski definition) is 2. The highest BCUT2D eigenvalue weighted by molar-refractivity contribution is 6.31. The molecule has 1 saturated carbocycles. The Balaban J connectivity index is 1.50. The number of aromatic nitrogens is 2. The average Bonchev–Trinajstić information content (AvgIpc) is 2.75. The van der Waals surface area contributed by atoms with Crippen LogP contribution < -0.4 is 10.6 Å². The number of hydrogen-bond acceptors (Lipinski definition) is 7. The lowest BCUT2D eigenvalue weighted by atomic mass is 9.90. The van der Waals surface area contributed by atoms with Crippen molar-refractivity contribution in [3.8, 4) is 0 Å². The number of nitrogens with zero attached hydrogens (tertiary/aromatic N) is 3. The molecule has 7 nitrogen and oxygen atoms in total. The lowest BCUT2D eigenvalue weighted by molar-refractivity contribution is -0.141. The van der Waals surface area contributed by atoms with Crippen LogP contribution >= 0.6 is 11.6 Å². The number of nitrogens with one attached hydrogen (secondary N) is 2. The molecule has 1 heterocycles. The third kappa shape index (κ3) is 6.27. The molecule has 1 aromatic heterocycles. The van der Waals surface area contributed by atoms with Crippen molar-refractivity contribution < 1.29 is 13.9 Å². The highest BCUT2D eigenvalue weighted by Crippen LogP contribution is 2.26. The van der Waals surface area contributed by atoms with E-state index in [1.807, 2.05) is 6.07 Å². The van der Waals surface area contributed by atoms with Crippen molar-refractivity contribution in [2.45, 2.75) is 44.2 Å². The lowest BCUT2D eigenvalue weighted by Crippen LogP contribution is -2.39. The van der Waals surface area contributed by atoms with E-state index >= 15 is 0 Å². The Morgan fingerprint density at radius 2 is 1.97 bits per heavy atom. The number of rotatable bonds is 8. The molecule has 162 valence electrons. The Labute approximate surface area is 181 Å². The van der Waals surface area contributed by atoms with Gasteiger partial charge in [0.2, 0.25) is 0 Å². The molecule has 3 rings (SSSR count). The van der Waals surface area contributed by atoms with E-state index in [0.29, 0.717) is 36.6 Å². The molecule has 0 amide bonds. The van der Waals surface area contributed by atoms with Gasteiger partial charge in [0.25, 0.3) is 0 Å². The first kappa shape index (κ1) is 22.2. The second-order valence-electron chi connectivity index (χ2n) is 7.50. The first-order valence-electron chi connectivity index (χ1n) is 10.0. The zero-order chi connectivity index (χ0) is 21.5. The van der Waals surface area contributed by atoms with Crippen LogP contribution in [-0.4, -0.2) is 53.6 Å². The van der Waals surface area contributed by atoms with Crippen LogP contribution in [0.25, 0.3) is 0 Å². The Bertz CT molecular complexity index is 861. The van der Waals surface area contributed by atoms with Crippen LogP contribution in [0.2, 0.25) is 5.02 Å². The molecule has 0 radical (unpaired) electrons. The molecule has 0 aliphatic heterocycles. The van der Waals surface area contributed by atoms with E-state index in [0.717, 1.165) is 31.5 Å². The van der Waals surface area contributed by atoms with Gasteiger partial charge in [0, 0.05) is 30.4 Å². The number of ether oxygens (including phenoxy) is 1. The summed E-state index contributed by atoms with van der Waals surface area (Å²) in [4.78, 5) is 22.1. The molecule has 9 heteroatoms.